The van der Waals surface area contributed by atoms with Gasteiger partial charge in [-0.05, 0) is 19.3 Å². The Labute approximate surface area is 778 Å². The summed E-state index contributed by atoms with van der Waals surface area (Å²) in [6, 6.07) is 0. The zero-order valence-electron chi connectivity index (χ0n) is 81.9. The number of ether oxygens (including phenoxy) is 24. The van der Waals surface area contributed by atoms with Crippen molar-refractivity contribution in [2.45, 2.75) is 353 Å². The molecule has 0 aromatic carbocycles. The Balaban J connectivity index is 1.85. The van der Waals surface area contributed by atoms with E-state index >= 15 is 0 Å². The van der Waals surface area contributed by atoms with Gasteiger partial charge in [-0.2, -0.15) is 0 Å². The number of hydrogen-bond acceptors (Lipinski definition) is 28. The van der Waals surface area contributed by atoms with E-state index in [4.69, 9.17) is 114 Å². The molecule has 1 heterocycles. The van der Waals surface area contributed by atoms with Gasteiger partial charge in [0.15, 0.2) is 12.2 Å². The van der Waals surface area contributed by atoms with Crippen LogP contribution in [0.25, 0.3) is 0 Å². The second-order valence-corrected chi connectivity index (χ2v) is 33.4. The maximum Gasteiger partial charge on any atom is 0.306 e. The van der Waals surface area contributed by atoms with Crippen LogP contribution < -0.4 is 0 Å². The number of aliphatic hydroxyl groups excluding tert-OH is 1. The lowest BCUT2D eigenvalue weighted by Gasteiger charge is -2.26. The Morgan fingerprint density at radius 3 is 0.586 bits per heavy atom. The summed E-state index contributed by atoms with van der Waals surface area (Å²) in [4.78, 5) is 38.3. The highest BCUT2D eigenvalue weighted by molar-refractivity contribution is 5.71. The summed E-state index contributed by atoms with van der Waals surface area (Å²) in [7, 11) is 0. The highest BCUT2D eigenvalue weighted by atomic mass is 16.7. The second-order valence-electron chi connectivity index (χ2n) is 33.4. The van der Waals surface area contributed by atoms with Crippen molar-refractivity contribution in [3.8, 4) is 0 Å². The number of esters is 3. The van der Waals surface area contributed by atoms with Crippen molar-refractivity contribution in [3.05, 3.63) is 0 Å². The standard InChI is InChI=1S/C100H194O28/c1-4-7-10-13-16-19-22-25-28-31-34-37-40-43-46-49-96(102)125-91-90-123-87-86-121-83-82-119-79-78-117-75-74-115-71-70-113-67-66-111-63-62-109-59-58-107-55-54-105-52-53-106-56-57-108-60-61-110-64-65-112-68-69-114-72-73-116-76-77-118-80-81-120-84-85-122-88-89-124-92-94(101)99-100(128-98(104)51-48-45-42-39-36-33-30-27-24-21-18-15-12-9-6-3)95(93-126-99)127-97(103)50-47-44-41-38-35-32-29-26-23-20-17-14-11-8-5-2/h94-95,99-101H,4-93H2,1-3H3/t94?,95-,99+,100+/m0/s1. The van der Waals surface area contributed by atoms with Gasteiger partial charge >= 0.3 is 17.9 Å². The van der Waals surface area contributed by atoms with Crippen molar-refractivity contribution in [1.82, 2.24) is 0 Å². The van der Waals surface area contributed by atoms with Crippen LogP contribution in [0.5, 0.6) is 0 Å². The molecule has 0 saturated carbocycles. The quantitative estimate of drug-likeness (QED) is 0.0336. The topological polar surface area (TPSA) is 293 Å². The Bertz CT molecular complexity index is 2150. The normalized spacial score (nSPS) is 14.3. The van der Waals surface area contributed by atoms with Crippen molar-refractivity contribution in [1.29, 1.82) is 0 Å². The Morgan fingerprint density at radius 2 is 0.383 bits per heavy atom. The highest BCUT2D eigenvalue weighted by Gasteiger charge is 2.46. The van der Waals surface area contributed by atoms with Gasteiger partial charge < -0.3 is 119 Å². The predicted octanol–water partition coefficient (Wildman–Crippen LogP) is 18.2. The second kappa shape index (κ2) is 108. The van der Waals surface area contributed by atoms with Gasteiger partial charge in [0.25, 0.3) is 0 Å². The summed E-state index contributed by atoms with van der Waals surface area (Å²) in [5.74, 6) is -0.840. The first-order valence-electron chi connectivity index (χ1n) is 51.8. The van der Waals surface area contributed by atoms with Crippen LogP contribution in [0.1, 0.15) is 329 Å². The summed E-state index contributed by atoms with van der Waals surface area (Å²) < 4.78 is 135. The molecule has 28 heteroatoms. The third kappa shape index (κ3) is 96.6. The third-order valence-electron chi connectivity index (χ3n) is 21.9. The van der Waals surface area contributed by atoms with Crippen molar-refractivity contribution >= 4 is 17.9 Å². The molecular formula is C100H194O28. The van der Waals surface area contributed by atoms with Crippen LogP contribution in [0.3, 0.4) is 0 Å². The van der Waals surface area contributed by atoms with E-state index in [1.165, 1.54) is 238 Å². The van der Waals surface area contributed by atoms with Crippen LogP contribution in [0.2, 0.25) is 0 Å². The molecule has 1 fully saturated rings. The fraction of sp³-hybridized carbons (Fsp3) is 0.970. The number of aliphatic hydroxyl groups is 1. The molecule has 0 aromatic rings. The summed E-state index contributed by atoms with van der Waals surface area (Å²) in [6.45, 7) is 24.5. The first kappa shape index (κ1) is 124. The van der Waals surface area contributed by atoms with Gasteiger partial charge in [-0.15, -0.1) is 0 Å². The van der Waals surface area contributed by atoms with Gasteiger partial charge in [0.1, 0.15) is 18.8 Å². The lowest BCUT2D eigenvalue weighted by atomic mass is 10.0. The van der Waals surface area contributed by atoms with Crippen LogP contribution in [0, 0.1) is 0 Å². The fourth-order valence-corrected chi connectivity index (χ4v) is 14.3. The fourth-order valence-electron chi connectivity index (χ4n) is 14.3. The zero-order valence-corrected chi connectivity index (χ0v) is 81.9. The van der Waals surface area contributed by atoms with Crippen molar-refractivity contribution in [2.24, 2.45) is 0 Å². The minimum Gasteiger partial charge on any atom is -0.463 e. The Hall–Kier alpha value is -2.47. The number of hydrogen-bond donors (Lipinski definition) is 1. The van der Waals surface area contributed by atoms with E-state index in [0.717, 1.165) is 51.4 Å². The number of carbonyl (C=O) groups excluding carboxylic acids is 3. The molecule has 0 bridgehead atoms. The minimum atomic E-state index is -1.11. The first-order chi connectivity index (χ1) is 63.4. The predicted molar refractivity (Wildman–Crippen MR) is 501 cm³/mol. The molecule has 128 heavy (non-hydrogen) atoms. The monoisotopic (exact) mass is 1840 g/mol. The average Bonchev–Trinajstić information content (AvgIpc) is 1.68. The van der Waals surface area contributed by atoms with Gasteiger partial charge in [0, 0.05) is 19.3 Å². The van der Waals surface area contributed by atoms with E-state index < -0.39 is 24.4 Å². The van der Waals surface area contributed by atoms with Gasteiger partial charge in [-0.25, -0.2) is 0 Å². The SMILES string of the molecule is CCCCCCCCCCCCCCCCCC(=O)OCCOCCOCCOCCOCCOCCOCCOCCOCCOCCOCCOCCOCCOCCOCCOCCOCCOCCOCCOCCOCC(O)[C@H]1OC[C@H](OC(=O)CCCCCCCCCCCCCCCCC)[C@H]1OC(=O)CCCCCCCCCCCCCCCCC. The molecule has 1 aliphatic heterocycles. The van der Waals surface area contributed by atoms with E-state index in [1.54, 1.807) is 0 Å². The molecular weight excluding hydrogens is 1650 g/mol. The van der Waals surface area contributed by atoms with Gasteiger partial charge in [-0.3, -0.25) is 14.4 Å². The summed E-state index contributed by atoms with van der Waals surface area (Å²) in [6.07, 6.45) is 54.3. The third-order valence-corrected chi connectivity index (χ3v) is 21.9. The lowest BCUT2D eigenvalue weighted by molar-refractivity contribution is -0.169. The number of unbranched alkanes of at least 4 members (excludes halogenated alkanes) is 42. The first-order valence-corrected chi connectivity index (χ1v) is 51.8. The van der Waals surface area contributed by atoms with E-state index in [0.29, 0.717) is 264 Å². The van der Waals surface area contributed by atoms with E-state index in [2.05, 4.69) is 20.8 Å². The number of carbonyl (C=O) groups is 3. The maximum absolute atomic E-state index is 13.2. The molecule has 1 unspecified atom stereocenters. The molecule has 0 aromatic heterocycles. The molecule has 4 atom stereocenters. The molecule has 1 saturated heterocycles. The lowest BCUT2D eigenvalue weighted by Crippen LogP contribution is -2.45. The zero-order chi connectivity index (χ0) is 91.7. The van der Waals surface area contributed by atoms with E-state index in [9.17, 15) is 19.5 Å². The molecule has 1 N–H and O–H groups in total. The van der Waals surface area contributed by atoms with Crippen LogP contribution >= 0.6 is 0 Å². The van der Waals surface area contributed by atoms with Crippen LogP contribution in [-0.4, -0.2) is 325 Å². The molecule has 762 valence electrons. The van der Waals surface area contributed by atoms with Gasteiger partial charge in [0.05, 0.1) is 271 Å². The Kier molecular flexibility index (Phi) is 104. The van der Waals surface area contributed by atoms with Crippen LogP contribution in [0.4, 0.5) is 0 Å². The van der Waals surface area contributed by atoms with Gasteiger partial charge in [-0.1, -0.05) is 290 Å². The van der Waals surface area contributed by atoms with Gasteiger partial charge in [0.2, 0.25) is 0 Å². The molecule has 0 spiro atoms. The molecule has 1 aliphatic rings. The van der Waals surface area contributed by atoms with E-state index in [-0.39, 0.29) is 50.8 Å². The molecule has 0 aliphatic carbocycles. The molecule has 1 rings (SSSR count). The average molecular weight is 1840 g/mol. The largest absolute Gasteiger partial charge is 0.463 e. The smallest absolute Gasteiger partial charge is 0.306 e. The highest BCUT2D eigenvalue weighted by Crippen LogP contribution is 2.27. The van der Waals surface area contributed by atoms with E-state index in [1.807, 2.05) is 0 Å². The molecule has 0 amide bonds. The molecule has 0 radical (unpaired) electrons. The Morgan fingerprint density at radius 1 is 0.219 bits per heavy atom. The summed E-state index contributed by atoms with van der Waals surface area (Å²) >= 11 is 0. The van der Waals surface area contributed by atoms with Crippen LogP contribution in [0.15, 0.2) is 0 Å². The summed E-state index contributed by atoms with van der Waals surface area (Å²) in [5, 5.41) is 11.2. The van der Waals surface area contributed by atoms with Crippen molar-refractivity contribution < 1.29 is 133 Å². The number of rotatable bonds is 113. The van der Waals surface area contributed by atoms with Crippen molar-refractivity contribution in [2.75, 3.05) is 277 Å². The van der Waals surface area contributed by atoms with Crippen LogP contribution in [-0.2, 0) is 128 Å². The molecule has 28 nitrogen and oxygen atoms in total. The van der Waals surface area contributed by atoms with Crippen molar-refractivity contribution in [3.63, 3.8) is 0 Å². The minimum absolute atomic E-state index is 0.0351. The summed E-state index contributed by atoms with van der Waals surface area (Å²) in [5.41, 5.74) is 0. The maximum atomic E-state index is 13.2.